The molecule has 0 radical (unpaired) electrons. The number of hydrogen-bond acceptors (Lipinski definition) is 5. The summed E-state index contributed by atoms with van der Waals surface area (Å²) < 4.78 is 10.6. The average Bonchev–Trinajstić information content (AvgIpc) is 2.77. The van der Waals surface area contributed by atoms with Crippen LogP contribution in [0.2, 0.25) is 0 Å². The Bertz CT molecular complexity index is 1030. The standard InChI is InChI=1S/C25H34N2O5/c1-16-19-11-10-18(31-4)14-21(19)32-23(29)20(16)12-13-22(28)27-25(2,3)24(30)26-15-17-8-6-5-7-9-17/h10-11,14,17H,5-9,12-13,15H2,1-4H3,(H,26,30)(H,27,28). The minimum Gasteiger partial charge on any atom is -0.497 e. The molecule has 3 rings (SSSR count). The Morgan fingerprint density at radius 3 is 2.59 bits per heavy atom. The molecule has 174 valence electrons. The first kappa shape index (κ1) is 23.8. The maximum Gasteiger partial charge on any atom is 0.339 e. The molecule has 7 nitrogen and oxygen atoms in total. The van der Waals surface area contributed by atoms with Gasteiger partial charge in [-0.1, -0.05) is 19.3 Å². The van der Waals surface area contributed by atoms with Gasteiger partial charge in [-0.05, 0) is 63.6 Å². The second kappa shape index (κ2) is 10.2. The Morgan fingerprint density at radius 1 is 1.19 bits per heavy atom. The fourth-order valence-corrected chi connectivity index (χ4v) is 4.35. The number of carbonyl (C=O) groups excluding carboxylic acids is 2. The first-order valence-electron chi connectivity index (χ1n) is 11.4. The molecule has 1 fully saturated rings. The third-order valence-corrected chi connectivity index (χ3v) is 6.39. The molecular weight excluding hydrogens is 408 g/mol. The highest BCUT2D eigenvalue weighted by molar-refractivity contribution is 5.90. The second-order valence-corrected chi connectivity index (χ2v) is 9.24. The Kier molecular flexibility index (Phi) is 7.59. The SMILES string of the molecule is COc1ccc2c(C)c(CCC(=O)NC(C)(C)C(=O)NCC3CCCCC3)c(=O)oc2c1. The van der Waals surface area contributed by atoms with Crippen LogP contribution in [0.1, 0.15) is 63.5 Å². The predicted molar refractivity (Wildman–Crippen MR) is 124 cm³/mol. The van der Waals surface area contributed by atoms with Crippen LogP contribution in [0.5, 0.6) is 5.75 Å². The van der Waals surface area contributed by atoms with Gasteiger partial charge in [0.1, 0.15) is 16.9 Å². The van der Waals surface area contributed by atoms with E-state index in [-0.39, 0.29) is 24.7 Å². The molecule has 0 bridgehead atoms. The molecule has 2 aromatic rings. The van der Waals surface area contributed by atoms with E-state index >= 15 is 0 Å². The van der Waals surface area contributed by atoms with Crippen LogP contribution in [0.15, 0.2) is 27.4 Å². The van der Waals surface area contributed by atoms with Gasteiger partial charge >= 0.3 is 5.63 Å². The van der Waals surface area contributed by atoms with Crippen LogP contribution in [-0.4, -0.2) is 31.0 Å². The topological polar surface area (TPSA) is 97.6 Å². The minimum absolute atomic E-state index is 0.0899. The number of benzene rings is 1. The van der Waals surface area contributed by atoms with E-state index in [2.05, 4.69) is 10.6 Å². The summed E-state index contributed by atoms with van der Waals surface area (Å²) >= 11 is 0. The summed E-state index contributed by atoms with van der Waals surface area (Å²) in [6.07, 6.45) is 6.33. The minimum atomic E-state index is -1.02. The second-order valence-electron chi connectivity index (χ2n) is 9.24. The molecule has 2 amide bonds. The van der Waals surface area contributed by atoms with Gasteiger partial charge in [0.25, 0.3) is 0 Å². The van der Waals surface area contributed by atoms with Crippen LogP contribution >= 0.6 is 0 Å². The van der Waals surface area contributed by atoms with Crippen LogP contribution in [0.4, 0.5) is 0 Å². The molecule has 0 saturated heterocycles. The van der Waals surface area contributed by atoms with Gasteiger partial charge in [-0.25, -0.2) is 4.79 Å². The van der Waals surface area contributed by atoms with E-state index in [0.717, 1.165) is 23.8 Å². The molecule has 1 aromatic heterocycles. The normalized spacial score (nSPS) is 14.9. The largest absolute Gasteiger partial charge is 0.497 e. The van der Waals surface area contributed by atoms with E-state index in [1.807, 2.05) is 13.0 Å². The lowest BCUT2D eigenvalue weighted by molar-refractivity contribution is -0.132. The van der Waals surface area contributed by atoms with Crippen molar-refractivity contribution in [3.63, 3.8) is 0 Å². The fraction of sp³-hybridized carbons (Fsp3) is 0.560. The number of methoxy groups -OCH3 is 1. The number of aryl methyl sites for hydroxylation is 1. The highest BCUT2D eigenvalue weighted by Gasteiger charge is 2.30. The number of fused-ring (bicyclic) bond motifs is 1. The molecule has 7 heteroatoms. The first-order chi connectivity index (χ1) is 15.2. The molecule has 1 saturated carbocycles. The maximum absolute atomic E-state index is 12.6. The first-order valence-corrected chi connectivity index (χ1v) is 11.4. The molecule has 1 heterocycles. The van der Waals surface area contributed by atoms with Gasteiger partial charge in [-0.15, -0.1) is 0 Å². The highest BCUT2D eigenvalue weighted by Crippen LogP contribution is 2.25. The number of ether oxygens (including phenoxy) is 1. The zero-order valence-electron chi connectivity index (χ0n) is 19.5. The summed E-state index contributed by atoms with van der Waals surface area (Å²) in [5.41, 5.74) is 0.232. The zero-order valence-corrected chi connectivity index (χ0v) is 19.5. The van der Waals surface area contributed by atoms with Crippen molar-refractivity contribution in [2.75, 3.05) is 13.7 Å². The van der Waals surface area contributed by atoms with Crippen molar-refractivity contribution in [3.8, 4) is 5.75 Å². The summed E-state index contributed by atoms with van der Waals surface area (Å²) in [6.45, 7) is 5.90. The van der Waals surface area contributed by atoms with Crippen molar-refractivity contribution in [2.45, 2.75) is 71.3 Å². The predicted octanol–water partition coefficient (Wildman–Crippen LogP) is 3.63. The Hall–Kier alpha value is -2.83. The maximum atomic E-state index is 12.6. The Morgan fingerprint density at radius 2 is 1.91 bits per heavy atom. The highest BCUT2D eigenvalue weighted by atomic mass is 16.5. The van der Waals surface area contributed by atoms with Crippen molar-refractivity contribution in [3.05, 3.63) is 39.7 Å². The third kappa shape index (κ3) is 5.69. The quantitative estimate of drug-likeness (QED) is 0.609. The molecule has 0 atom stereocenters. The van der Waals surface area contributed by atoms with E-state index in [9.17, 15) is 14.4 Å². The smallest absolute Gasteiger partial charge is 0.339 e. The zero-order chi connectivity index (χ0) is 23.3. The van der Waals surface area contributed by atoms with Gasteiger partial charge < -0.3 is 19.8 Å². The summed E-state index contributed by atoms with van der Waals surface area (Å²) in [5.74, 6) is 0.661. The van der Waals surface area contributed by atoms with Gasteiger partial charge in [0.15, 0.2) is 0 Å². The molecule has 0 unspecified atom stereocenters. The summed E-state index contributed by atoms with van der Waals surface area (Å²) in [4.78, 5) is 37.7. The van der Waals surface area contributed by atoms with E-state index in [0.29, 0.717) is 29.4 Å². The molecule has 1 aliphatic carbocycles. The van der Waals surface area contributed by atoms with E-state index < -0.39 is 11.2 Å². The number of rotatable bonds is 8. The fourth-order valence-electron chi connectivity index (χ4n) is 4.35. The molecule has 0 aliphatic heterocycles. The lowest BCUT2D eigenvalue weighted by Crippen LogP contribution is -2.55. The van der Waals surface area contributed by atoms with Gasteiger partial charge in [-0.3, -0.25) is 9.59 Å². The van der Waals surface area contributed by atoms with Gasteiger partial charge in [-0.2, -0.15) is 0 Å². The van der Waals surface area contributed by atoms with Crippen LogP contribution in [0, 0.1) is 12.8 Å². The van der Waals surface area contributed by atoms with Crippen LogP contribution in [0.25, 0.3) is 11.0 Å². The summed E-state index contributed by atoms with van der Waals surface area (Å²) in [5, 5.41) is 6.60. The number of amides is 2. The Balaban J connectivity index is 1.59. The molecule has 0 spiro atoms. The van der Waals surface area contributed by atoms with E-state index in [1.165, 1.54) is 19.3 Å². The summed E-state index contributed by atoms with van der Waals surface area (Å²) in [6, 6.07) is 5.32. The monoisotopic (exact) mass is 442 g/mol. The van der Waals surface area contributed by atoms with Crippen LogP contribution in [0.3, 0.4) is 0 Å². The van der Waals surface area contributed by atoms with E-state index in [1.54, 1.807) is 33.1 Å². The summed E-state index contributed by atoms with van der Waals surface area (Å²) in [7, 11) is 1.55. The van der Waals surface area contributed by atoms with Crippen molar-refractivity contribution < 1.29 is 18.7 Å². The molecular formula is C25H34N2O5. The third-order valence-electron chi connectivity index (χ3n) is 6.39. The molecule has 2 N–H and O–H groups in total. The van der Waals surface area contributed by atoms with Gasteiger partial charge in [0, 0.05) is 30.0 Å². The number of hydrogen-bond donors (Lipinski definition) is 2. The van der Waals surface area contributed by atoms with Gasteiger partial charge in [0.2, 0.25) is 11.8 Å². The molecule has 32 heavy (non-hydrogen) atoms. The van der Waals surface area contributed by atoms with Crippen molar-refractivity contribution >= 4 is 22.8 Å². The lowest BCUT2D eigenvalue weighted by Gasteiger charge is -2.28. The number of carbonyl (C=O) groups is 2. The molecule has 1 aliphatic rings. The number of nitrogens with one attached hydrogen (secondary N) is 2. The van der Waals surface area contributed by atoms with E-state index in [4.69, 9.17) is 9.15 Å². The van der Waals surface area contributed by atoms with Crippen molar-refractivity contribution in [2.24, 2.45) is 5.92 Å². The molecule has 1 aromatic carbocycles. The lowest BCUT2D eigenvalue weighted by atomic mass is 9.89. The van der Waals surface area contributed by atoms with Crippen LogP contribution in [-0.2, 0) is 16.0 Å². The average molecular weight is 443 g/mol. The Labute approximate surface area is 188 Å². The van der Waals surface area contributed by atoms with Gasteiger partial charge in [0.05, 0.1) is 7.11 Å². The van der Waals surface area contributed by atoms with Crippen molar-refractivity contribution in [1.82, 2.24) is 10.6 Å². The van der Waals surface area contributed by atoms with Crippen molar-refractivity contribution in [1.29, 1.82) is 0 Å². The van der Waals surface area contributed by atoms with Crippen LogP contribution < -0.4 is 21.0 Å².